The first-order valence-corrected chi connectivity index (χ1v) is 20.2. The normalized spacial score (nSPS) is 30.8. The van der Waals surface area contributed by atoms with Gasteiger partial charge in [-0.2, -0.15) is 0 Å². The van der Waals surface area contributed by atoms with Crippen LogP contribution in [-0.4, -0.2) is 87.0 Å². The first kappa shape index (κ1) is 45.3. The zero-order valence-electron chi connectivity index (χ0n) is 33.6. The lowest BCUT2D eigenvalue weighted by Gasteiger charge is -2.58. The van der Waals surface area contributed by atoms with Crippen LogP contribution in [0.5, 0.6) is 0 Å². The van der Waals surface area contributed by atoms with Crippen molar-refractivity contribution in [3.05, 3.63) is 11.6 Å². The molecule has 0 radical (unpaired) electrons. The summed E-state index contributed by atoms with van der Waals surface area (Å²) in [7, 11) is 8.29. The van der Waals surface area contributed by atoms with Gasteiger partial charge in [-0.15, -0.1) is 24.8 Å². The molecule has 4 aliphatic carbocycles. The summed E-state index contributed by atoms with van der Waals surface area (Å²) in [6.07, 6.45) is 20.0. The van der Waals surface area contributed by atoms with E-state index in [9.17, 15) is 9.59 Å². The number of allylic oxidation sites excluding steroid dienone is 1. The van der Waals surface area contributed by atoms with E-state index in [2.05, 4.69) is 78.7 Å². The molecule has 4 rings (SSSR count). The van der Waals surface area contributed by atoms with Crippen LogP contribution in [0.25, 0.3) is 0 Å². The highest BCUT2D eigenvalue weighted by atomic mass is 35.5. The molecule has 1 amide bonds. The SMILES string of the molecule is CC(C)CCCC(C)[C@H]1CC[C@H]2[C@@H]3CC=C4C[C@@H](OC(=O)CCCC(=O)N(CCCN(C)C)CCCN(C)C)CC[C@]4(C)[C@H]3CC[C@]12C.Cl.Cl. The second kappa shape index (κ2) is 20.6. The summed E-state index contributed by atoms with van der Waals surface area (Å²) in [5.74, 6) is 5.11. The Labute approximate surface area is 320 Å². The predicted octanol–water partition coefficient (Wildman–Crippen LogP) is 9.69. The second-order valence-electron chi connectivity index (χ2n) is 18.2. The van der Waals surface area contributed by atoms with Gasteiger partial charge < -0.3 is 19.4 Å². The summed E-state index contributed by atoms with van der Waals surface area (Å²) < 4.78 is 6.10. The number of halogens is 2. The third-order valence-corrected chi connectivity index (χ3v) is 13.7. The van der Waals surface area contributed by atoms with Crippen molar-refractivity contribution in [2.24, 2.45) is 46.3 Å². The molecule has 0 N–H and O–H groups in total. The summed E-state index contributed by atoms with van der Waals surface area (Å²) in [6, 6.07) is 0. The van der Waals surface area contributed by atoms with Gasteiger partial charge in [-0.25, -0.2) is 0 Å². The maximum absolute atomic E-state index is 13.1. The topological polar surface area (TPSA) is 53.1 Å². The Bertz CT molecular complexity index is 1070. The van der Waals surface area contributed by atoms with Crippen molar-refractivity contribution >= 4 is 36.7 Å². The van der Waals surface area contributed by atoms with Crippen LogP contribution in [0.1, 0.15) is 137 Å². The Morgan fingerprint density at radius 2 is 1.46 bits per heavy atom. The van der Waals surface area contributed by atoms with Gasteiger partial charge in [-0.05, 0) is 152 Å². The number of hydrogen-bond donors (Lipinski definition) is 0. The number of rotatable bonds is 18. The zero-order chi connectivity index (χ0) is 35.1. The summed E-state index contributed by atoms with van der Waals surface area (Å²) >= 11 is 0. The molecule has 0 saturated heterocycles. The third-order valence-electron chi connectivity index (χ3n) is 13.7. The van der Waals surface area contributed by atoms with Crippen molar-refractivity contribution in [2.75, 3.05) is 54.4 Å². The quantitative estimate of drug-likeness (QED) is 0.103. The summed E-state index contributed by atoms with van der Waals surface area (Å²) in [5.41, 5.74) is 2.36. The Morgan fingerprint density at radius 1 is 0.800 bits per heavy atom. The molecule has 0 aromatic carbocycles. The van der Waals surface area contributed by atoms with Crippen molar-refractivity contribution in [3.63, 3.8) is 0 Å². The van der Waals surface area contributed by atoms with Crippen molar-refractivity contribution < 1.29 is 14.3 Å². The minimum absolute atomic E-state index is 0. The number of carbonyl (C=O) groups excluding carboxylic acids is 2. The minimum Gasteiger partial charge on any atom is -0.462 e. The Morgan fingerprint density at radius 3 is 2.08 bits per heavy atom. The second-order valence-corrected chi connectivity index (χ2v) is 18.2. The molecule has 6 nitrogen and oxygen atoms in total. The largest absolute Gasteiger partial charge is 0.462 e. The molecule has 0 heterocycles. The molecule has 0 aromatic heterocycles. The molecular weight excluding hydrogens is 665 g/mol. The smallest absolute Gasteiger partial charge is 0.306 e. The van der Waals surface area contributed by atoms with Crippen molar-refractivity contribution in [2.45, 2.75) is 143 Å². The number of carbonyl (C=O) groups is 2. The molecule has 292 valence electrons. The number of hydrogen-bond acceptors (Lipinski definition) is 5. The third kappa shape index (κ3) is 11.6. The van der Waals surface area contributed by atoms with E-state index in [4.69, 9.17) is 4.74 Å². The highest BCUT2D eigenvalue weighted by Gasteiger charge is 2.59. The van der Waals surface area contributed by atoms with Gasteiger partial charge in [0.25, 0.3) is 0 Å². The molecule has 0 aliphatic heterocycles. The maximum Gasteiger partial charge on any atom is 0.306 e. The van der Waals surface area contributed by atoms with Crippen LogP contribution in [0.2, 0.25) is 0 Å². The summed E-state index contributed by atoms with van der Waals surface area (Å²) in [4.78, 5) is 32.5. The molecule has 0 bridgehead atoms. The number of fused-ring (bicyclic) bond motifs is 5. The number of nitrogens with zero attached hydrogens (tertiary/aromatic N) is 3. The monoisotopic (exact) mass is 742 g/mol. The van der Waals surface area contributed by atoms with Crippen molar-refractivity contribution in [1.29, 1.82) is 0 Å². The number of esters is 1. The average molecular weight is 743 g/mol. The van der Waals surface area contributed by atoms with Crippen LogP contribution in [-0.2, 0) is 14.3 Å². The van der Waals surface area contributed by atoms with Crippen LogP contribution < -0.4 is 0 Å². The Kier molecular flexibility index (Phi) is 18.7. The van der Waals surface area contributed by atoms with Crippen LogP contribution in [0, 0.1) is 46.3 Å². The fraction of sp³-hybridized carbons (Fsp3) is 0.905. The van der Waals surface area contributed by atoms with Gasteiger partial charge in [0.15, 0.2) is 0 Å². The maximum atomic E-state index is 13.1. The van der Waals surface area contributed by atoms with Crippen LogP contribution in [0.4, 0.5) is 0 Å². The first-order valence-electron chi connectivity index (χ1n) is 20.2. The van der Waals surface area contributed by atoms with Crippen LogP contribution in [0.15, 0.2) is 11.6 Å². The van der Waals surface area contributed by atoms with Crippen LogP contribution >= 0.6 is 24.8 Å². The van der Waals surface area contributed by atoms with Gasteiger partial charge in [0.05, 0.1) is 0 Å². The lowest BCUT2D eigenvalue weighted by molar-refractivity contribution is -0.151. The molecular formula is C42H77Cl2N3O3. The van der Waals surface area contributed by atoms with Gasteiger partial charge in [0.2, 0.25) is 5.91 Å². The fourth-order valence-electron chi connectivity index (χ4n) is 11.1. The number of amides is 1. The summed E-state index contributed by atoms with van der Waals surface area (Å²) in [6.45, 7) is 16.1. The first-order chi connectivity index (χ1) is 22.7. The lowest BCUT2D eigenvalue weighted by atomic mass is 9.47. The van der Waals surface area contributed by atoms with Crippen molar-refractivity contribution in [3.8, 4) is 0 Å². The van der Waals surface area contributed by atoms with Crippen molar-refractivity contribution in [1.82, 2.24) is 14.7 Å². The fourth-order valence-corrected chi connectivity index (χ4v) is 11.1. The van der Waals surface area contributed by atoms with Crippen LogP contribution in [0.3, 0.4) is 0 Å². The van der Waals surface area contributed by atoms with Gasteiger partial charge in [-0.1, -0.05) is 65.5 Å². The predicted molar refractivity (Wildman–Crippen MR) is 214 cm³/mol. The van der Waals surface area contributed by atoms with E-state index in [1.54, 1.807) is 5.57 Å². The lowest BCUT2D eigenvalue weighted by Crippen LogP contribution is -2.51. The molecule has 3 saturated carbocycles. The van der Waals surface area contributed by atoms with E-state index >= 15 is 0 Å². The molecule has 8 atom stereocenters. The zero-order valence-corrected chi connectivity index (χ0v) is 35.3. The molecule has 4 aliphatic rings. The van der Waals surface area contributed by atoms with E-state index in [-0.39, 0.29) is 48.2 Å². The highest BCUT2D eigenvalue weighted by molar-refractivity contribution is 5.85. The molecule has 1 unspecified atom stereocenters. The Balaban J connectivity index is 0.00000433. The summed E-state index contributed by atoms with van der Waals surface area (Å²) in [5, 5.41) is 0. The van der Waals surface area contributed by atoms with Gasteiger partial charge in [-0.3, -0.25) is 9.59 Å². The van der Waals surface area contributed by atoms with Gasteiger partial charge >= 0.3 is 5.97 Å². The molecule has 3 fully saturated rings. The van der Waals surface area contributed by atoms with E-state index in [1.807, 2.05) is 4.90 Å². The molecule has 0 aromatic rings. The van der Waals surface area contributed by atoms with E-state index in [0.29, 0.717) is 24.7 Å². The Hall–Kier alpha value is -0.820. The van der Waals surface area contributed by atoms with Gasteiger partial charge in [0.1, 0.15) is 6.10 Å². The molecule has 0 spiro atoms. The number of ether oxygens (including phenoxy) is 1. The van der Waals surface area contributed by atoms with E-state index in [0.717, 1.165) is 93.8 Å². The van der Waals surface area contributed by atoms with Gasteiger partial charge in [0, 0.05) is 32.4 Å². The van der Waals surface area contributed by atoms with E-state index in [1.165, 1.54) is 51.4 Å². The average Bonchev–Trinajstić information content (AvgIpc) is 3.37. The van der Waals surface area contributed by atoms with E-state index < -0.39 is 0 Å². The minimum atomic E-state index is -0.120. The molecule has 50 heavy (non-hydrogen) atoms. The standard InChI is InChI=1S/C42H75N3O3.2ClH/c1-31(2)14-10-15-32(3)36-20-21-37-35-19-18-33-30-34(22-24-41(33,4)38(35)23-25-42(36,37)5)48-40(47)17-11-16-39(46)45(28-12-26-43(6)7)29-13-27-44(8)9;;/h18,31-32,34-38H,10-17,19-30H2,1-9H3;2*1H/t32?,34-,35-,36+,37-,38-,41-,42+;;/m0../s1. The molecule has 8 heteroatoms. The highest BCUT2D eigenvalue weighted by Crippen LogP contribution is 2.67.